The predicted octanol–water partition coefficient (Wildman–Crippen LogP) is 0.376. The van der Waals surface area contributed by atoms with Crippen molar-refractivity contribution in [3.05, 3.63) is 0 Å². The van der Waals surface area contributed by atoms with E-state index in [1.807, 2.05) is 0 Å². The van der Waals surface area contributed by atoms with E-state index in [4.69, 9.17) is 5.73 Å². The molecule has 2 aliphatic heterocycles. The number of aromatic nitrogens is 2. The molecular formula is C10H14F2N6. The fourth-order valence-corrected chi connectivity index (χ4v) is 2.43. The topological polar surface area (TPSA) is 70.3 Å². The van der Waals surface area contributed by atoms with Gasteiger partial charge in [0.2, 0.25) is 5.95 Å². The second kappa shape index (κ2) is 4.11. The van der Waals surface area contributed by atoms with Gasteiger partial charge in [-0.25, -0.2) is 8.78 Å². The lowest BCUT2D eigenvalue weighted by molar-refractivity contribution is 0.154. The Kier molecular flexibility index (Phi) is 2.57. The molecule has 98 valence electrons. The van der Waals surface area contributed by atoms with Crippen LogP contribution in [0.1, 0.15) is 0 Å². The number of nitrogen functional groups attached to an aromatic ring is 1. The van der Waals surface area contributed by atoms with Gasteiger partial charge in [-0.15, -0.1) is 0 Å². The SMILES string of the molecule is Nc1nc2c3c(n1)N(CC(F)F)CCN3CCN2. The molecule has 2 aliphatic rings. The van der Waals surface area contributed by atoms with Gasteiger partial charge < -0.3 is 20.9 Å². The fourth-order valence-electron chi connectivity index (χ4n) is 2.43. The van der Waals surface area contributed by atoms with Gasteiger partial charge in [0.1, 0.15) is 5.69 Å². The molecule has 6 nitrogen and oxygen atoms in total. The quantitative estimate of drug-likeness (QED) is 0.797. The lowest BCUT2D eigenvalue weighted by Crippen LogP contribution is -2.47. The summed E-state index contributed by atoms with van der Waals surface area (Å²) in [7, 11) is 0. The second-order valence-corrected chi connectivity index (χ2v) is 4.35. The molecule has 3 rings (SSSR count). The summed E-state index contributed by atoms with van der Waals surface area (Å²) in [5, 5.41) is 3.13. The van der Waals surface area contributed by atoms with Gasteiger partial charge in [0.15, 0.2) is 11.6 Å². The summed E-state index contributed by atoms with van der Waals surface area (Å²) >= 11 is 0. The molecule has 0 bridgehead atoms. The van der Waals surface area contributed by atoms with Crippen molar-refractivity contribution < 1.29 is 8.78 Å². The molecule has 3 heterocycles. The van der Waals surface area contributed by atoms with Gasteiger partial charge in [-0.1, -0.05) is 0 Å². The number of anilines is 4. The first kappa shape index (κ1) is 11.2. The zero-order valence-corrected chi connectivity index (χ0v) is 9.74. The molecule has 0 atom stereocenters. The third kappa shape index (κ3) is 1.77. The highest BCUT2D eigenvalue weighted by atomic mass is 19.3. The second-order valence-electron chi connectivity index (χ2n) is 4.35. The van der Waals surface area contributed by atoms with Crippen LogP contribution in [0.4, 0.5) is 32.1 Å². The number of hydrogen-bond acceptors (Lipinski definition) is 6. The average Bonchev–Trinajstić information content (AvgIpc) is 2.32. The number of rotatable bonds is 2. The van der Waals surface area contributed by atoms with Crippen LogP contribution < -0.4 is 20.9 Å². The number of nitrogens with one attached hydrogen (secondary N) is 1. The molecule has 0 amide bonds. The summed E-state index contributed by atoms with van der Waals surface area (Å²) in [6.45, 7) is 2.53. The lowest BCUT2D eigenvalue weighted by Gasteiger charge is -2.40. The van der Waals surface area contributed by atoms with Gasteiger partial charge in [0, 0.05) is 26.2 Å². The number of hydrogen-bond donors (Lipinski definition) is 2. The smallest absolute Gasteiger partial charge is 0.255 e. The van der Waals surface area contributed by atoms with Gasteiger partial charge in [-0.2, -0.15) is 9.97 Å². The Morgan fingerprint density at radius 3 is 2.89 bits per heavy atom. The normalized spacial score (nSPS) is 17.7. The van der Waals surface area contributed by atoms with Gasteiger partial charge in [-0.05, 0) is 0 Å². The van der Waals surface area contributed by atoms with Crippen molar-refractivity contribution in [2.24, 2.45) is 0 Å². The summed E-state index contributed by atoms with van der Waals surface area (Å²) in [6.07, 6.45) is -2.39. The van der Waals surface area contributed by atoms with E-state index in [0.717, 1.165) is 18.8 Å². The highest BCUT2D eigenvalue weighted by molar-refractivity contribution is 5.83. The monoisotopic (exact) mass is 256 g/mol. The van der Waals surface area contributed by atoms with Crippen LogP contribution in [0.5, 0.6) is 0 Å². The van der Waals surface area contributed by atoms with Crippen molar-refractivity contribution in [3.8, 4) is 0 Å². The van der Waals surface area contributed by atoms with E-state index < -0.39 is 6.43 Å². The summed E-state index contributed by atoms with van der Waals surface area (Å²) in [6, 6.07) is 0. The number of halogens is 2. The maximum atomic E-state index is 12.6. The first-order valence-corrected chi connectivity index (χ1v) is 5.84. The van der Waals surface area contributed by atoms with Crippen LogP contribution in [0, 0.1) is 0 Å². The van der Waals surface area contributed by atoms with E-state index in [1.165, 1.54) is 0 Å². The maximum Gasteiger partial charge on any atom is 0.255 e. The molecule has 0 aromatic carbocycles. The van der Waals surface area contributed by atoms with E-state index in [9.17, 15) is 8.78 Å². The van der Waals surface area contributed by atoms with Crippen molar-refractivity contribution in [1.29, 1.82) is 0 Å². The molecule has 0 unspecified atom stereocenters. The third-order valence-electron chi connectivity index (χ3n) is 3.17. The molecular weight excluding hydrogens is 242 g/mol. The molecule has 3 N–H and O–H groups in total. The van der Waals surface area contributed by atoms with Crippen molar-refractivity contribution >= 4 is 23.3 Å². The first-order chi connectivity index (χ1) is 8.65. The molecule has 0 spiro atoms. The molecule has 0 radical (unpaired) electrons. The maximum absolute atomic E-state index is 12.6. The Hall–Kier alpha value is -1.86. The zero-order valence-electron chi connectivity index (χ0n) is 9.74. The van der Waals surface area contributed by atoms with Crippen molar-refractivity contribution in [3.63, 3.8) is 0 Å². The zero-order chi connectivity index (χ0) is 12.7. The van der Waals surface area contributed by atoms with E-state index >= 15 is 0 Å². The number of nitrogens with two attached hydrogens (primary N) is 1. The van der Waals surface area contributed by atoms with Crippen LogP contribution >= 0.6 is 0 Å². The van der Waals surface area contributed by atoms with Crippen molar-refractivity contribution in [2.75, 3.05) is 53.6 Å². The molecule has 8 heteroatoms. The summed E-state index contributed by atoms with van der Waals surface area (Å²) in [4.78, 5) is 11.9. The van der Waals surface area contributed by atoms with Crippen LogP contribution in [0.2, 0.25) is 0 Å². The largest absolute Gasteiger partial charge is 0.368 e. The molecule has 0 saturated heterocycles. The minimum absolute atomic E-state index is 0.110. The summed E-state index contributed by atoms with van der Waals surface area (Å²) < 4.78 is 25.1. The summed E-state index contributed by atoms with van der Waals surface area (Å²) in [5.74, 6) is 1.26. The van der Waals surface area contributed by atoms with Gasteiger partial charge in [0.25, 0.3) is 6.43 Å². The Morgan fingerprint density at radius 1 is 1.28 bits per heavy atom. The Bertz CT molecular complexity index is 466. The Balaban J connectivity index is 2.05. The van der Waals surface area contributed by atoms with E-state index in [-0.39, 0.29) is 12.5 Å². The van der Waals surface area contributed by atoms with Crippen LogP contribution in [-0.4, -0.2) is 49.1 Å². The van der Waals surface area contributed by atoms with Gasteiger partial charge in [-0.3, -0.25) is 0 Å². The third-order valence-corrected chi connectivity index (χ3v) is 3.17. The van der Waals surface area contributed by atoms with Crippen molar-refractivity contribution in [2.45, 2.75) is 6.43 Å². The van der Waals surface area contributed by atoms with Gasteiger partial charge >= 0.3 is 0 Å². The van der Waals surface area contributed by atoms with Crippen LogP contribution in [-0.2, 0) is 0 Å². The van der Waals surface area contributed by atoms with Crippen LogP contribution in [0.3, 0.4) is 0 Å². The fraction of sp³-hybridized carbons (Fsp3) is 0.600. The summed E-state index contributed by atoms with van der Waals surface area (Å²) in [5.41, 5.74) is 6.42. The van der Waals surface area contributed by atoms with Crippen LogP contribution in [0.15, 0.2) is 0 Å². The van der Waals surface area contributed by atoms with Gasteiger partial charge in [0.05, 0.1) is 6.54 Å². The van der Waals surface area contributed by atoms with E-state index in [1.54, 1.807) is 4.90 Å². The Labute approximate surface area is 103 Å². The molecule has 1 aromatic heterocycles. The predicted molar refractivity (Wildman–Crippen MR) is 65.4 cm³/mol. The van der Waals surface area contributed by atoms with E-state index in [0.29, 0.717) is 24.7 Å². The number of alkyl halides is 2. The Morgan fingerprint density at radius 2 is 2.11 bits per heavy atom. The standard InChI is InChI=1S/C10H14F2N6/c11-6(12)5-18-4-3-17-2-1-14-8-7(17)9(18)16-10(13)15-8/h6H,1-5H2,(H3,13,14,15,16). The first-order valence-electron chi connectivity index (χ1n) is 5.84. The number of nitrogens with zero attached hydrogens (tertiary/aromatic N) is 4. The molecule has 0 aliphatic carbocycles. The molecule has 18 heavy (non-hydrogen) atoms. The minimum Gasteiger partial charge on any atom is -0.368 e. The molecule has 0 saturated carbocycles. The molecule has 1 aromatic rings. The minimum atomic E-state index is -2.39. The van der Waals surface area contributed by atoms with E-state index in [2.05, 4.69) is 20.2 Å². The average molecular weight is 256 g/mol. The highest BCUT2D eigenvalue weighted by Crippen LogP contribution is 2.39. The molecule has 0 fully saturated rings. The van der Waals surface area contributed by atoms with Crippen LogP contribution in [0.25, 0.3) is 0 Å². The highest BCUT2D eigenvalue weighted by Gasteiger charge is 2.31. The lowest BCUT2D eigenvalue weighted by atomic mass is 10.2. The van der Waals surface area contributed by atoms with Crippen molar-refractivity contribution in [1.82, 2.24) is 9.97 Å².